The minimum absolute atomic E-state index is 0.165. The van der Waals surface area contributed by atoms with Gasteiger partial charge in [-0.05, 0) is 30.5 Å². The van der Waals surface area contributed by atoms with Crippen molar-refractivity contribution in [1.82, 2.24) is 10.2 Å². The van der Waals surface area contributed by atoms with Crippen LogP contribution in [0.1, 0.15) is 17.5 Å². The minimum Gasteiger partial charge on any atom is -0.391 e. The molecule has 3 rings (SSSR count). The molecule has 0 aromatic heterocycles. The number of aliphatic hydroxyl groups excluding tert-OH is 1. The normalized spacial score (nSPS) is 29.9. The molecule has 0 aliphatic carbocycles. The largest absolute Gasteiger partial charge is 0.391 e. The van der Waals surface area contributed by atoms with Crippen LogP contribution in [-0.4, -0.2) is 41.8 Å². The first-order valence-electron chi connectivity index (χ1n) is 6.54. The maximum absolute atomic E-state index is 10.1. The van der Waals surface area contributed by atoms with Crippen molar-refractivity contribution in [3.05, 3.63) is 35.4 Å². The number of aliphatic hydroxyl groups is 1. The second-order valence-electron chi connectivity index (χ2n) is 5.12. The molecule has 1 saturated heterocycles. The number of fused-ring (bicyclic) bond motifs is 1. The van der Waals surface area contributed by atoms with Crippen molar-refractivity contribution >= 4 is 0 Å². The van der Waals surface area contributed by atoms with Gasteiger partial charge in [-0.2, -0.15) is 0 Å². The summed E-state index contributed by atoms with van der Waals surface area (Å²) in [5.74, 6) is 0. The Morgan fingerprint density at radius 2 is 2.06 bits per heavy atom. The summed E-state index contributed by atoms with van der Waals surface area (Å²) in [4.78, 5) is 2.43. The molecule has 2 heterocycles. The molecule has 2 N–H and O–H groups in total. The van der Waals surface area contributed by atoms with Crippen LogP contribution in [0.25, 0.3) is 0 Å². The van der Waals surface area contributed by atoms with E-state index < -0.39 is 0 Å². The zero-order valence-electron chi connectivity index (χ0n) is 10.1. The van der Waals surface area contributed by atoms with Crippen LogP contribution in [0.3, 0.4) is 0 Å². The zero-order chi connectivity index (χ0) is 11.7. The highest BCUT2D eigenvalue weighted by Crippen LogP contribution is 2.22. The molecule has 0 saturated carbocycles. The van der Waals surface area contributed by atoms with E-state index in [2.05, 4.69) is 34.5 Å². The van der Waals surface area contributed by atoms with Gasteiger partial charge in [0.2, 0.25) is 0 Å². The molecule has 0 spiro atoms. The molecule has 92 valence electrons. The summed E-state index contributed by atoms with van der Waals surface area (Å²) in [7, 11) is 0. The van der Waals surface area contributed by atoms with E-state index in [9.17, 15) is 5.11 Å². The van der Waals surface area contributed by atoms with Gasteiger partial charge in [0.05, 0.1) is 6.10 Å². The van der Waals surface area contributed by atoms with E-state index >= 15 is 0 Å². The van der Waals surface area contributed by atoms with Gasteiger partial charge in [-0.3, -0.25) is 4.90 Å². The van der Waals surface area contributed by atoms with E-state index in [4.69, 9.17) is 0 Å². The Labute approximate surface area is 102 Å². The number of hydrogen-bond donors (Lipinski definition) is 2. The van der Waals surface area contributed by atoms with Gasteiger partial charge in [0.15, 0.2) is 0 Å². The SMILES string of the molecule is O[C@H]1CCNC[C@@H]1N1CCc2ccccc2C1. The van der Waals surface area contributed by atoms with Gasteiger partial charge < -0.3 is 10.4 Å². The summed E-state index contributed by atoms with van der Waals surface area (Å²) in [6, 6.07) is 8.95. The van der Waals surface area contributed by atoms with Crippen molar-refractivity contribution in [3.8, 4) is 0 Å². The highest BCUT2D eigenvalue weighted by Gasteiger charge is 2.30. The van der Waals surface area contributed by atoms with Gasteiger partial charge >= 0.3 is 0 Å². The Bertz CT molecular complexity index is 394. The monoisotopic (exact) mass is 232 g/mol. The number of rotatable bonds is 1. The minimum atomic E-state index is -0.165. The molecule has 0 amide bonds. The van der Waals surface area contributed by atoms with Crippen LogP contribution in [0, 0.1) is 0 Å². The number of hydrogen-bond acceptors (Lipinski definition) is 3. The maximum atomic E-state index is 10.1. The van der Waals surface area contributed by atoms with E-state index in [1.54, 1.807) is 0 Å². The molecular weight excluding hydrogens is 212 g/mol. The highest BCUT2D eigenvalue weighted by atomic mass is 16.3. The van der Waals surface area contributed by atoms with Crippen molar-refractivity contribution < 1.29 is 5.11 Å². The Morgan fingerprint density at radius 1 is 1.24 bits per heavy atom. The first kappa shape index (κ1) is 11.2. The van der Waals surface area contributed by atoms with E-state index in [0.29, 0.717) is 0 Å². The lowest BCUT2D eigenvalue weighted by atomic mass is 9.95. The molecule has 1 aromatic carbocycles. The molecule has 3 heteroatoms. The first-order chi connectivity index (χ1) is 8.34. The standard InChI is InChI=1S/C14H20N2O/c17-14-5-7-15-9-13(14)16-8-6-11-3-1-2-4-12(11)10-16/h1-4,13-15,17H,5-10H2/t13-,14-/m0/s1. The fraction of sp³-hybridized carbons (Fsp3) is 0.571. The lowest BCUT2D eigenvalue weighted by Crippen LogP contribution is -2.54. The first-order valence-corrected chi connectivity index (χ1v) is 6.54. The molecule has 2 atom stereocenters. The van der Waals surface area contributed by atoms with Gasteiger partial charge in [0.1, 0.15) is 0 Å². The zero-order valence-corrected chi connectivity index (χ0v) is 10.1. The van der Waals surface area contributed by atoms with Crippen LogP contribution < -0.4 is 5.32 Å². The predicted octanol–water partition coefficient (Wildman–Crippen LogP) is 0.767. The molecule has 1 fully saturated rings. The average molecular weight is 232 g/mol. The van der Waals surface area contributed by atoms with Gasteiger partial charge in [0, 0.05) is 25.7 Å². The van der Waals surface area contributed by atoms with Gasteiger partial charge in [-0.25, -0.2) is 0 Å². The fourth-order valence-corrected chi connectivity index (χ4v) is 3.00. The smallest absolute Gasteiger partial charge is 0.0720 e. The molecule has 3 nitrogen and oxygen atoms in total. The summed E-state index contributed by atoms with van der Waals surface area (Å²) in [6.07, 6.45) is 1.82. The summed E-state index contributed by atoms with van der Waals surface area (Å²) in [5, 5.41) is 13.5. The average Bonchev–Trinajstić information content (AvgIpc) is 2.39. The second-order valence-corrected chi connectivity index (χ2v) is 5.12. The van der Waals surface area contributed by atoms with Crippen LogP contribution in [0.2, 0.25) is 0 Å². The van der Waals surface area contributed by atoms with Crippen LogP contribution in [0.4, 0.5) is 0 Å². The molecule has 0 bridgehead atoms. The Kier molecular flexibility index (Phi) is 3.14. The third kappa shape index (κ3) is 2.23. The van der Waals surface area contributed by atoms with Crippen LogP contribution in [0.15, 0.2) is 24.3 Å². The fourth-order valence-electron chi connectivity index (χ4n) is 3.00. The Morgan fingerprint density at radius 3 is 2.88 bits per heavy atom. The molecule has 0 unspecified atom stereocenters. The number of piperidine rings is 1. The Hall–Kier alpha value is -0.900. The van der Waals surface area contributed by atoms with E-state index in [1.165, 1.54) is 11.1 Å². The Balaban J connectivity index is 1.75. The predicted molar refractivity (Wildman–Crippen MR) is 67.8 cm³/mol. The maximum Gasteiger partial charge on any atom is 0.0720 e. The van der Waals surface area contributed by atoms with Crippen molar-refractivity contribution in [2.75, 3.05) is 19.6 Å². The third-order valence-electron chi connectivity index (χ3n) is 4.04. The number of nitrogens with one attached hydrogen (secondary N) is 1. The van der Waals surface area contributed by atoms with Crippen LogP contribution >= 0.6 is 0 Å². The van der Waals surface area contributed by atoms with E-state index in [-0.39, 0.29) is 12.1 Å². The second kappa shape index (κ2) is 4.77. The summed E-state index contributed by atoms with van der Waals surface area (Å²) >= 11 is 0. The van der Waals surface area contributed by atoms with E-state index in [0.717, 1.165) is 39.0 Å². The van der Waals surface area contributed by atoms with Crippen molar-refractivity contribution in [2.24, 2.45) is 0 Å². The topological polar surface area (TPSA) is 35.5 Å². The van der Waals surface area contributed by atoms with Gasteiger partial charge in [0.25, 0.3) is 0 Å². The van der Waals surface area contributed by atoms with Crippen molar-refractivity contribution in [2.45, 2.75) is 31.5 Å². The third-order valence-corrected chi connectivity index (χ3v) is 4.04. The van der Waals surface area contributed by atoms with Crippen molar-refractivity contribution in [1.29, 1.82) is 0 Å². The molecule has 17 heavy (non-hydrogen) atoms. The molecule has 2 aliphatic rings. The molecule has 1 aromatic rings. The summed E-state index contributed by atoms with van der Waals surface area (Å²) in [6.45, 7) is 3.92. The summed E-state index contributed by atoms with van der Waals surface area (Å²) < 4.78 is 0. The van der Waals surface area contributed by atoms with Gasteiger partial charge in [-0.1, -0.05) is 24.3 Å². The number of nitrogens with zero attached hydrogens (tertiary/aromatic N) is 1. The lowest BCUT2D eigenvalue weighted by Gasteiger charge is -2.40. The molecule has 2 aliphatic heterocycles. The van der Waals surface area contributed by atoms with Crippen LogP contribution in [-0.2, 0) is 13.0 Å². The molecule has 0 radical (unpaired) electrons. The molecular formula is C14H20N2O. The van der Waals surface area contributed by atoms with Gasteiger partial charge in [-0.15, -0.1) is 0 Å². The quantitative estimate of drug-likeness (QED) is 0.750. The summed E-state index contributed by atoms with van der Waals surface area (Å²) in [5.41, 5.74) is 2.90. The number of benzene rings is 1. The lowest BCUT2D eigenvalue weighted by molar-refractivity contribution is 0.0215. The van der Waals surface area contributed by atoms with Crippen molar-refractivity contribution in [3.63, 3.8) is 0 Å². The van der Waals surface area contributed by atoms with E-state index in [1.807, 2.05) is 0 Å². The highest BCUT2D eigenvalue weighted by molar-refractivity contribution is 5.29. The van der Waals surface area contributed by atoms with Crippen LogP contribution in [0.5, 0.6) is 0 Å².